The smallest absolute Gasteiger partial charge is 0.124 e. The zero-order valence-corrected chi connectivity index (χ0v) is 19.5. The fourth-order valence-electron chi connectivity index (χ4n) is 4.66. The van der Waals surface area contributed by atoms with Crippen molar-refractivity contribution >= 4 is 11.4 Å². The second kappa shape index (κ2) is 7.93. The first-order chi connectivity index (χ1) is 15.9. The number of fused-ring (bicyclic) bond motifs is 1. The van der Waals surface area contributed by atoms with Crippen LogP contribution < -0.4 is 9.64 Å². The van der Waals surface area contributed by atoms with Gasteiger partial charge in [0.1, 0.15) is 11.4 Å². The molecular formula is C28H28N4O. The average molecular weight is 437 g/mol. The number of rotatable bonds is 4. The standard InChI is InChI=1S/C28H28N4O/c1-18-25-24(27(31-30-25)28(2,3)4)26(22-8-6-7-9-23(22)33-5)32(18)21-12-10-19(11-13-21)20-14-16-29-17-15-20/h6-17,26H,1H2,2-5H3,(H,30,31). The first kappa shape index (κ1) is 21.0. The summed E-state index contributed by atoms with van der Waals surface area (Å²) in [5.74, 6) is 0.850. The van der Waals surface area contributed by atoms with Crippen LogP contribution in [0.3, 0.4) is 0 Å². The van der Waals surface area contributed by atoms with Crippen LogP contribution in [0.5, 0.6) is 5.75 Å². The maximum absolute atomic E-state index is 5.78. The van der Waals surface area contributed by atoms with Gasteiger partial charge in [0.2, 0.25) is 0 Å². The van der Waals surface area contributed by atoms with E-state index in [1.54, 1.807) is 7.11 Å². The Morgan fingerprint density at radius 3 is 2.27 bits per heavy atom. The zero-order chi connectivity index (χ0) is 23.2. The predicted molar refractivity (Wildman–Crippen MR) is 133 cm³/mol. The lowest BCUT2D eigenvalue weighted by atomic mass is 9.85. The largest absolute Gasteiger partial charge is 0.496 e. The number of nitrogens with zero attached hydrogens (tertiary/aromatic N) is 3. The number of H-pyrrole nitrogens is 1. The molecule has 5 rings (SSSR count). The van der Waals surface area contributed by atoms with Crippen LogP contribution >= 0.6 is 0 Å². The third kappa shape index (κ3) is 3.50. The van der Waals surface area contributed by atoms with Gasteiger partial charge in [-0.3, -0.25) is 10.1 Å². The van der Waals surface area contributed by atoms with Gasteiger partial charge in [0.05, 0.1) is 18.8 Å². The predicted octanol–water partition coefficient (Wildman–Crippen LogP) is 6.36. The summed E-state index contributed by atoms with van der Waals surface area (Å²) in [6.45, 7) is 11.1. The second-order valence-corrected chi connectivity index (χ2v) is 9.35. The van der Waals surface area contributed by atoms with Gasteiger partial charge in [-0.05, 0) is 41.5 Å². The molecule has 2 aromatic carbocycles. The molecule has 0 fully saturated rings. The van der Waals surface area contributed by atoms with E-state index in [9.17, 15) is 0 Å². The molecule has 0 aliphatic carbocycles. The van der Waals surface area contributed by atoms with E-state index in [0.717, 1.165) is 50.8 Å². The molecule has 2 aromatic heterocycles. The molecule has 5 nitrogen and oxygen atoms in total. The van der Waals surface area contributed by atoms with Gasteiger partial charge in [-0.1, -0.05) is 57.7 Å². The van der Waals surface area contributed by atoms with Gasteiger partial charge < -0.3 is 9.64 Å². The molecular weight excluding hydrogens is 408 g/mol. The maximum atomic E-state index is 5.78. The van der Waals surface area contributed by atoms with Gasteiger partial charge in [-0.2, -0.15) is 5.10 Å². The third-order valence-corrected chi connectivity index (χ3v) is 6.24. The van der Waals surface area contributed by atoms with Crippen LogP contribution in [0.2, 0.25) is 0 Å². The van der Waals surface area contributed by atoms with Crippen LogP contribution in [0.25, 0.3) is 16.8 Å². The van der Waals surface area contributed by atoms with Crippen LogP contribution in [0.4, 0.5) is 5.69 Å². The fraction of sp³-hybridized carbons (Fsp3) is 0.214. The Labute approximate surface area is 194 Å². The molecule has 1 unspecified atom stereocenters. The van der Waals surface area contributed by atoms with Crippen molar-refractivity contribution in [2.75, 3.05) is 12.0 Å². The number of hydrogen-bond acceptors (Lipinski definition) is 4. The minimum Gasteiger partial charge on any atom is -0.496 e. The van der Waals surface area contributed by atoms with Crippen molar-refractivity contribution < 1.29 is 4.74 Å². The van der Waals surface area contributed by atoms with E-state index in [1.165, 1.54) is 0 Å². The van der Waals surface area contributed by atoms with Crippen molar-refractivity contribution in [3.05, 3.63) is 102 Å². The Morgan fingerprint density at radius 2 is 1.61 bits per heavy atom. The summed E-state index contributed by atoms with van der Waals surface area (Å²) in [4.78, 5) is 6.40. The molecule has 166 valence electrons. The molecule has 33 heavy (non-hydrogen) atoms. The highest BCUT2D eigenvalue weighted by molar-refractivity contribution is 5.87. The average Bonchev–Trinajstić information content (AvgIpc) is 3.39. The van der Waals surface area contributed by atoms with E-state index < -0.39 is 0 Å². The first-order valence-corrected chi connectivity index (χ1v) is 11.1. The van der Waals surface area contributed by atoms with Gasteiger partial charge in [0.25, 0.3) is 0 Å². The van der Waals surface area contributed by atoms with Crippen molar-refractivity contribution in [2.24, 2.45) is 0 Å². The fourth-order valence-corrected chi connectivity index (χ4v) is 4.66. The summed E-state index contributed by atoms with van der Waals surface area (Å²) in [7, 11) is 1.72. The van der Waals surface area contributed by atoms with Crippen molar-refractivity contribution in [2.45, 2.75) is 32.2 Å². The number of para-hydroxylation sites is 1. The number of nitrogens with one attached hydrogen (secondary N) is 1. The van der Waals surface area contributed by atoms with Gasteiger partial charge in [0, 0.05) is 40.3 Å². The molecule has 3 heterocycles. The highest BCUT2D eigenvalue weighted by Crippen LogP contribution is 2.51. The summed E-state index contributed by atoms with van der Waals surface area (Å²) in [5.41, 5.74) is 8.41. The maximum Gasteiger partial charge on any atom is 0.124 e. The number of ether oxygens (including phenoxy) is 1. The van der Waals surface area contributed by atoms with Gasteiger partial charge in [0.15, 0.2) is 0 Å². The number of pyridine rings is 1. The third-order valence-electron chi connectivity index (χ3n) is 6.24. The number of benzene rings is 2. The van der Waals surface area contributed by atoms with E-state index >= 15 is 0 Å². The first-order valence-electron chi connectivity index (χ1n) is 11.1. The van der Waals surface area contributed by atoms with Gasteiger partial charge in [-0.15, -0.1) is 0 Å². The monoisotopic (exact) mass is 436 g/mol. The van der Waals surface area contributed by atoms with Crippen LogP contribution in [0.1, 0.15) is 49.3 Å². The topological polar surface area (TPSA) is 54.0 Å². The minimum absolute atomic E-state index is 0.0941. The molecule has 0 spiro atoms. The SMILES string of the molecule is C=C1c2n[nH]c(C(C)(C)C)c2C(c2ccccc2OC)N1c1ccc(-c2ccncc2)cc1. The van der Waals surface area contributed by atoms with Crippen LogP contribution in [0.15, 0.2) is 79.6 Å². The molecule has 1 N–H and O–H groups in total. The number of aromatic nitrogens is 3. The van der Waals surface area contributed by atoms with Gasteiger partial charge >= 0.3 is 0 Å². The Morgan fingerprint density at radius 1 is 0.939 bits per heavy atom. The lowest BCUT2D eigenvalue weighted by Crippen LogP contribution is -2.25. The molecule has 0 radical (unpaired) electrons. The molecule has 1 atom stereocenters. The van der Waals surface area contributed by atoms with Crippen LogP contribution in [-0.4, -0.2) is 22.3 Å². The number of methoxy groups -OCH3 is 1. The molecule has 1 aliphatic rings. The summed E-state index contributed by atoms with van der Waals surface area (Å²) in [6.07, 6.45) is 3.63. The quantitative estimate of drug-likeness (QED) is 0.404. The minimum atomic E-state index is -0.0949. The molecule has 0 amide bonds. The van der Waals surface area contributed by atoms with Crippen molar-refractivity contribution in [1.82, 2.24) is 15.2 Å². The van der Waals surface area contributed by atoms with E-state index in [4.69, 9.17) is 9.84 Å². The summed E-state index contributed by atoms with van der Waals surface area (Å²) < 4.78 is 5.78. The summed E-state index contributed by atoms with van der Waals surface area (Å²) >= 11 is 0. The summed E-state index contributed by atoms with van der Waals surface area (Å²) in [5, 5.41) is 8.00. The Kier molecular flexibility index (Phi) is 5.05. The van der Waals surface area contributed by atoms with Crippen molar-refractivity contribution in [1.29, 1.82) is 0 Å². The Bertz CT molecular complexity index is 1300. The van der Waals surface area contributed by atoms with Crippen molar-refractivity contribution in [3.8, 4) is 16.9 Å². The van der Waals surface area contributed by atoms with E-state index in [0.29, 0.717) is 0 Å². The normalized spacial score (nSPS) is 15.6. The van der Waals surface area contributed by atoms with Crippen molar-refractivity contribution in [3.63, 3.8) is 0 Å². The van der Waals surface area contributed by atoms with Crippen LogP contribution in [-0.2, 0) is 5.41 Å². The van der Waals surface area contributed by atoms with Crippen LogP contribution in [0, 0.1) is 0 Å². The molecule has 5 heteroatoms. The summed E-state index contributed by atoms with van der Waals surface area (Å²) in [6, 6.07) is 20.7. The molecule has 4 aromatic rings. The molecule has 0 saturated carbocycles. The second-order valence-electron chi connectivity index (χ2n) is 9.35. The number of hydrogen-bond donors (Lipinski definition) is 1. The zero-order valence-electron chi connectivity index (χ0n) is 19.5. The highest BCUT2D eigenvalue weighted by Gasteiger charge is 2.42. The number of aromatic amines is 1. The van der Waals surface area contributed by atoms with Gasteiger partial charge in [-0.25, -0.2) is 0 Å². The Balaban J connectivity index is 1.66. The molecule has 0 saturated heterocycles. The van der Waals surface area contributed by atoms with E-state index in [2.05, 4.69) is 78.7 Å². The number of anilines is 1. The highest BCUT2D eigenvalue weighted by atomic mass is 16.5. The molecule has 1 aliphatic heterocycles. The lowest BCUT2D eigenvalue weighted by Gasteiger charge is -2.31. The molecule has 0 bridgehead atoms. The van der Waals surface area contributed by atoms with E-state index in [-0.39, 0.29) is 11.5 Å². The van der Waals surface area contributed by atoms with E-state index in [1.807, 2.05) is 36.7 Å². The Hall–Kier alpha value is -3.86. The lowest BCUT2D eigenvalue weighted by molar-refractivity contribution is 0.407.